The molecule has 1 N–H and O–H groups in total. The van der Waals surface area contributed by atoms with Crippen molar-refractivity contribution in [3.63, 3.8) is 0 Å². The molecular formula is C34H38F3N8O3+. The lowest BCUT2D eigenvalue weighted by atomic mass is 9.95. The second-order valence-corrected chi connectivity index (χ2v) is 12.9. The SMILES string of the molecule is Cc1c(-c2ccnn2-c2ccc(C#N)cc2)n(C(=O)N[C@@H](C)C(=O)N(C)CC2CC[N+](C)(C)CC2)c(=O)n1-c1cccc(C(F)(F)F)c1. The van der Waals surface area contributed by atoms with Gasteiger partial charge in [-0.05, 0) is 68.3 Å². The van der Waals surface area contributed by atoms with Crippen LogP contribution in [0.15, 0.2) is 65.6 Å². The van der Waals surface area contributed by atoms with Gasteiger partial charge in [-0.25, -0.2) is 18.8 Å². The maximum absolute atomic E-state index is 14.1. The van der Waals surface area contributed by atoms with Gasteiger partial charge < -0.3 is 14.7 Å². The summed E-state index contributed by atoms with van der Waals surface area (Å²) in [7, 11) is 6.04. The number of hydrogen-bond acceptors (Lipinski definition) is 5. The Kier molecular flexibility index (Phi) is 9.37. The van der Waals surface area contributed by atoms with Gasteiger partial charge in [0.1, 0.15) is 11.7 Å². The van der Waals surface area contributed by atoms with E-state index in [0.717, 1.165) is 51.7 Å². The number of halogens is 3. The molecule has 14 heteroatoms. The molecule has 1 aliphatic heterocycles. The standard InChI is InChI=1S/C34H37F3N8O3/c1-22(31(46)41(3)21-25-14-17-45(4,5)18-15-25)40-32(47)43-30(29-13-16-39-44(29)27-11-9-24(20-38)10-12-27)23(2)42(33(43)48)28-8-6-7-26(19-28)34(35,36)37/h6-13,16,19,22,25H,14-15,17-18,21H2,1-5H3/p+1/t22-/m0/s1. The largest absolute Gasteiger partial charge is 0.416 e. The smallest absolute Gasteiger partial charge is 0.344 e. The van der Waals surface area contributed by atoms with Crippen molar-refractivity contribution < 1.29 is 27.2 Å². The Balaban J connectivity index is 1.53. The van der Waals surface area contributed by atoms with Crippen LogP contribution in [0.5, 0.6) is 0 Å². The van der Waals surface area contributed by atoms with Gasteiger partial charge in [-0.1, -0.05) is 6.07 Å². The van der Waals surface area contributed by atoms with Crippen LogP contribution in [0.1, 0.15) is 36.6 Å². The third-order valence-electron chi connectivity index (χ3n) is 8.95. The van der Waals surface area contributed by atoms with Crippen molar-refractivity contribution >= 4 is 11.9 Å². The number of imidazole rings is 1. The van der Waals surface area contributed by atoms with E-state index in [0.29, 0.717) is 23.7 Å². The van der Waals surface area contributed by atoms with Gasteiger partial charge in [0, 0.05) is 26.4 Å². The summed E-state index contributed by atoms with van der Waals surface area (Å²) < 4.78 is 45.2. The van der Waals surface area contributed by atoms with E-state index >= 15 is 0 Å². The van der Waals surface area contributed by atoms with Gasteiger partial charge in [0.05, 0.1) is 73.3 Å². The maximum Gasteiger partial charge on any atom is 0.416 e. The first-order valence-electron chi connectivity index (χ1n) is 15.6. The number of alkyl halides is 3. The van der Waals surface area contributed by atoms with Gasteiger partial charge in [-0.2, -0.15) is 23.5 Å². The molecule has 3 heterocycles. The summed E-state index contributed by atoms with van der Waals surface area (Å²) in [6.45, 7) is 5.58. The van der Waals surface area contributed by atoms with Crippen LogP contribution >= 0.6 is 0 Å². The minimum Gasteiger partial charge on any atom is -0.344 e. The first-order valence-corrected chi connectivity index (χ1v) is 15.6. The summed E-state index contributed by atoms with van der Waals surface area (Å²) in [5, 5.41) is 16.2. The molecule has 1 aliphatic rings. The fourth-order valence-electron chi connectivity index (χ4n) is 6.21. The number of hydrogen-bond donors (Lipinski definition) is 1. The number of likely N-dealkylation sites (N-methyl/N-ethyl adjacent to an activating group) is 1. The van der Waals surface area contributed by atoms with Crippen LogP contribution in [0.4, 0.5) is 18.0 Å². The minimum atomic E-state index is -4.67. The average Bonchev–Trinajstić information content (AvgIpc) is 3.62. The first-order chi connectivity index (χ1) is 22.6. The molecule has 4 aromatic rings. The zero-order chi connectivity index (χ0) is 35.0. The van der Waals surface area contributed by atoms with Crippen molar-refractivity contribution in [2.75, 3.05) is 40.8 Å². The van der Waals surface area contributed by atoms with Gasteiger partial charge in [0.15, 0.2) is 0 Å². The molecule has 5 rings (SSSR count). The van der Waals surface area contributed by atoms with Gasteiger partial charge in [-0.3, -0.25) is 9.36 Å². The summed E-state index contributed by atoms with van der Waals surface area (Å²) in [6.07, 6.45) is -1.27. The number of nitrogens with zero attached hydrogens (tertiary/aromatic N) is 7. The third-order valence-corrected chi connectivity index (χ3v) is 8.95. The zero-order valence-electron chi connectivity index (χ0n) is 27.5. The van der Waals surface area contributed by atoms with Crippen LogP contribution in [-0.4, -0.2) is 87.1 Å². The zero-order valence-corrected chi connectivity index (χ0v) is 27.5. The van der Waals surface area contributed by atoms with Gasteiger partial charge in [-0.15, -0.1) is 0 Å². The summed E-state index contributed by atoms with van der Waals surface area (Å²) >= 11 is 0. The quantitative estimate of drug-likeness (QED) is 0.291. The number of nitriles is 1. The first kappa shape index (κ1) is 34.2. The predicted octanol–water partition coefficient (Wildman–Crippen LogP) is 4.58. The summed E-state index contributed by atoms with van der Waals surface area (Å²) in [6, 6.07) is 12.4. The highest BCUT2D eigenvalue weighted by atomic mass is 19.4. The van der Waals surface area contributed by atoms with Crippen molar-refractivity contribution in [3.8, 4) is 28.8 Å². The number of quaternary nitrogens is 1. The lowest BCUT2D eigenvalue weighted by molar-refractivity contribution is -0.896. The number of carbonyl (C=O) groups excluding carboxylic acids is 2. The summed E-state index contributed by atoms with van der Waals surface area (Å²) in [5.41, 5.74) is -0.557. The minimum absolute atomic E-state index is 0.0627. The van der Waals surface area contributed by atoms with Crippen molar-refractivity contribution in [1.82, 2.24) is 29.1 Å². The van der Waals surface area contributed by atoms with E-state index in [9.17, 15) is 32.8 Å². The highest BCUT2D eigenvalue weighted by Gasteiger charge is 2.33. The molecule has 0 aliphatic carbocycles. The molecule has 0 spiro atoms. The van der Waals surface area contributed by atoms with Crippen molar-refractivity contribution in [2.45, 2.75) is 38.9 Å². The number of benzene rings is 2. The van der Waals surface area contributed by atoms with E-state index in [4.69, 9.17) is 0 Å². The average molecular weight is 664 g/mol. The van der Waals surface area contributed by atoms with Gasteiger partial charge in [0.2, 0.25) is 5.91 Å². The van der Waals surface area contributed by atoms with Crippen LogP contribution in [0.2, 0.25) is 0 Å². The fourth-order valence-corrected chi connectivity index (χ4v) is 6.21. The van der Waals surface area contributed by atoms with Crippen LogP contribution in [0, 0.1) is 24.2 Å². The molecule has 252 valence electrons. The van der Waals surface area contributed by atoms with E-state index < -0.39 is 29.5 Å². The molecule has 1 atom stereocenters. The van der Waals surface area contributed by atoms with Crippen molar-refractivity contribution in [1.29, 1.82) is 5.26 Å². The Morgan fingerprint density at radius 3 is 2.40 bits per heavy atom. The molecule has 2 amide bonds. The number of nitrogens with one attached hydrogen (secondary N) is 1. The molecule has 2 aromatic heterocycles. The molecule has 2 aromatic carbocycles. The number of piperidine rings is 1. The lowest BCUT2D eigenvalue weighted by Gasteiger charge is -2.38. The highest BCUT2D eigenvalue weighted by molar-refractivity contribution is 5.89. The second-order valence-electron chi connectivity index (χ2n) is 12.9. The Hall–Kier alpha value is -5.16. The Labute approximate surface area is 276 Å². The van der Waals surface area contributed by atoms with Crippen LogP contribution in [-0.2, 0) is 11.0 Å². The molecule has 0 bridgehead atoms. The summed E-state index contributed by atoms with van der Waals surface area (Å²) in [5.74, 6) is -0.0113. The number of aromatic nitrogens is 4. The Bertz CT molecular complexity index is 1920. The van der Waals surface area contributed by atoms with E-state index in [1.54, 1.807) is 42.3 Å². The van der Waals surface area contributed by atoms with E-state index in [1.165, 1.54) is 36.9 Å². The molecule has 1 saturated heterocycles. The van der Waals surface area contributed by atoms with E-state index in [-0.39, 0.29) is 28.7 Å². The second kappa shape index (κ2) is 13.2. The van der Waals surface area contributed by atoms with Crippen LogP contribution < -0.4 is 11.0 Å². The van der Waals surface area contributed by atoms with Gasteiger partial charge in [0.25, 0.3) is 0 Å². The van der Waals surface area contributed by atoms with E-state index in [2.05, 4.69) is 24.5 Å². The van der Waals surface area contributed by atoms with Crippen molar-refractivity contribution in [3.05, 3.63) is 88.1 Å². The monoisotopic (exact) mass is 663 g/mol. The van der Waals surface area contributed by atoms with Crippen molar-refractivity contribution in [2.24, 2.45) is 5.92 Å². The Morgan fingerprint density at radius 2 is 1.77 bits per heavy atom. The molecule has 11 nitrogen and oxygen atoms in total. The fraction of sp³-hybridized carbons (Fsp3) is 0.382. The lowest BCUT2D eigenvalue weighted by Crippen LogP contribution is -2.51. The number of amides is 2. The molecule has 1 fully saturated rings. The summed E-state index contributed by atoms with van der Waals surface area (Å²) in [4.78, 5) is 43.0. The van der Waals surface area contributed by atoms with Gasteiger partial charge >= 0.3 is 17.9 Å². The number of rotatable bonds is 7. The topological polar surface area (TPSA) is 118 Å². The van der Waals surface area contributed by atoms with E-state index in [1.807, 2.05) is 6.07 Å². The molecule has 48 heavy (non-hydrogen) atoms. The molecular weight excluding hydrogens is 625 g/mol. The molecule has 0 radical (unpaired) electrons. The maximum atomic E-state index is 14.1. The predicted molar refractivity (Wildman–Crippen MR) is 173 cm³/mol. The molecule has 0 unspecified atom stereocenters. The third kappa shape index (κ3) is 6.91. The normalized spacial score (nSPS) is 15.5. The van der Waals surface area contributed by atoms with Crippen LogP contribution in [0.3, 0.4) is 0 Å². The number of likely N-dealkylation sites (tertiary alicyclic amines) is 1. The Morgan fingerprint density at radius 1 is 1.10 bits per heavy atom. The number of carbonyl (C=O) groups is 2. The highest BCUT2D eigenvalue weighted by Crippen LogP contribution is 2.32. The molecule has 0 saturated carbocycles. The van der Waals surface area contributed by atoms with Crippen LogP contribution in [0.25, 0.3) is 22.8 Å².